The van der Waals surface area contributed by atoms with Crippen molar-refractivity contribution in [1.29, 1.82) is 5.26 Å². The Morgan fingerprint density at radius 3 is 2.45 bits per heavy atom. The summed E-state index contributed by atoms with van der Waals surface area (Å²) in [5, 5.41) is 11.5. The van der Waals surface area contributed by atoms with Crippen LogP contribution < -0.4 is 5.32 Å². The van der Waals surface area contributed by atoms with Gasteiger partial charge < -0.3 is 5.32 Å². The number of nitrogens with zero attached hydrogens (tertiary/aromatic N) is 1. The van der Waals surface area contributed by atoms with Crippen LogP contribution >= 0.6 is 11.8 Å². The molecular weight excluding hydrogens is 299 g/mol. The first-order chi connectivity index (χ1) is 10.7. The standard InChI is InChI=1S/C17H15FN2OS/c18-15-5-7-16(8-6-15)22-10-9-17(21)20-12-14-3-1-13(11-19)2-4-14/h1-8H,9-10,12H2,(H,20,21). The molecular formula is C17H15FN2OS. The van der Waals surface area contributed by atoms with E-state index in [1.165, 1.54) is 23.9 Å². The molecule has 0 fully saturated rings. The van der Waals surface area contributed by atoms with Gasteiger partial charge in [0.15, 0.2) is 0 Å². The summed E-state index contributed by atoms with van der Waals surface area (Å²) in [6.07, 6.45) is 0.401. The van der Waals surface area contributed by atoms with Gasteiger partial charge in [0.1, 0.15) is 5.82 Å². The molecule has 2 rings (SSSR count). The second-order valence-corrected chi connectivity index (χ2v) is 5.81. The normalized spacial score (nSPS) is 10.0. The van der Waals surface area contributed by atoms with E-state index in [1.807, 2.05) is 12.1 Å². The number of amides is 1. The van der Waals surface area contributed by atoms with Gasteiger partial charge in [0, 0.05) is 23.6 Å². The summed E-state index contributed by atoms with van der Waals surface area (Å²) < 4.78 is 12.8. The highest BCUT2D eigenvalue weighted by Crippen LogP contribution is 2.18. The van der Waals surface area contributed by atoms with Crippen LogP contribution in [0, 0.1) is 17.1 Å². The zero-order valence-electron chi connectivity index (χ0n) is 11.9. The number of rotatable bonds is 6. The Bertz CT molecular complexity index is 663. The SMILES string of the molecule is N#Cc1ccc(CNC(=O)CCSc2ccc(F)cc2)cc1. The quantitative estimate of drug-likeness (QED) is 0.830. The fourth-order valence-corrected chi connectivity index (χ4v) is 2.63. The molecule has 0 saturated carbocycles. The minimum absolute atomic E-state index is 0.0287. The van der Waals surface area contributed by atoms with Crippen LogP contribution in [0.4, 0.5) is 4.39 Å². The molecule has 0 radical (unpaired) electrons. The van der Waals surface area contributed by atoms with Crippen molar-refractivity contribution < 1.29 is 9.18 Å². The first-order valence-corrected chi connectivity index (χ1v) is 7.80. The van der Waals surface area contributed by atoms with Crippen molar-refractivity contribution >= 4 is 17.7 Å². The average molecular weight is 314 g/mol. The fourth-order valence-electron chi connectivity index (χ4n) is 1.78. The Kier molecular flexibility index (Phi) is 5.99. The summed E-state index contributed by atoms with van der Waals surface area (Å²) in [7, 11) is 0. The van der Waals surface area contributed by atoms with Crippen LogP contribution in [-0.4, -0.2) is 11.7 Å². The zero-order valence-corrected chi connectivity index (χ0v) is 12.7. The van der Waals surface area contributed by atoms with Crippen molar-refractivity contribution in [2.75, 3.05) is 5.75 Å². The highest BCUT2D eigenvalue weighted by atomic mass is 32.2. The molecule has 0 aromatic heterocycles. The smallest absolute Gasteiger partial charge is 0.221 e. The monoisotopic (exact) mass is 314 g/mol. The van der Waals surface area contributed by atoms with Crippen molar-refractivity contribution in [1.82, 2.24) is 5.32 Å². The van der Waals surface area contributed by atoms with E-state index in [-0.39, 0.29) is 11.7 Å². The van der Waals surface area contributed by atoms with Crippen LogP contribution in [0.15, 0.2) is 53.4 Å². The molecule has 0 saturated heterocycles. The predicted octanol–water partition coefficient (Wildman–Crippen LogP) is 3.50. The number of benzene rings is 2. The number of hydrogen-bond donors (Lipinski definition) is 1. The van der Waals surface area contributed by atoms with E-state index in [2.05, 4.69) is 11.4 Å². The minimum atomic E-state index is -0.260. The summed E-state index contributed by atoms with van der Waals surface area (Å²) >= 11 is 1.52. The molecule has 0 atom stereocenters. The molecule has 0 aliphatic rings. The lowest BCUT2D eigenvalue weighted by molar-refractivity contribution is -0.120. The molecule has 112 valence electrons. The lowest BCUT2D eigenvalue weighted by Gasteiger charge is -2.05. The minimum Gasteiger partial charge on any atom is -0.352 e. The van der Waals surface area contributed by atoms with Crippen molar-refractivity contribution in [3.8, 4) is 6.07 Å². The van der Waals surface area contributed by atoms with E-state index < -0.39 is 0 Å². The molecule has 2 aromatic carbocycles. The molecule has 0 unspecified atom stereocenters. The third-order valence-corrected chi connectivity index (χ3v) is 4.00. The highest BCUT2D eigenvalue weighted by Gasteiger charge is 2.03. The van der Waals surface area contributed by atoms with Crippen molar-refractivity contribution in [2.24, 2.45) is 0 Å². The van der Waals surface area contributed by atoms with Crippen LogP contribution in [0.1, 0.15) is 17.5 Å². The number of nitrogens with one attached hydrogen (secondary N) is 1. The van der Waals surface area contributed by atoms with E-state index in [0.29, 0.717) is 24.3 Å². The predicted molar refractivity (Wildman–Crippen MR) is 84.7 cm³/mol. The second kappa shape index (κ2) is 8.20. The molecule has 3 nitrogen and oxygen atoms in total. The van der Waals surface area contributed by atoms with E-state index in [4.69, 9.17) is 5.26 Å². The lowest BCUT2D eigenvalue weighted by Crippen LogP contribution is -2.22. The Balaban J connectivity index is 1.69. The summed E-state index contributed by atoms with van der Waals surface area (Å²) in [6.45, 7) is 0.450. The molecule has 2 aromatic rings. The number of nitriles is 1. The van der Waals surface area contributed by atoms with Crippen molar-refractivity contribution in [3.05, 3.63) is 65.5 Å². The number of hydrogen-bond acceptors (Lipinski definition) is 3. The Morgan fingerprint density at radius 2 is 1.82 bits per heavy atom. The number of halogens is 1. The van der Waals surface area contributed by atoms with Crippen LogP contribution in [0.25, 0.3) is 0 Å². The van der Waals surface area contributed by atoms with Gasteiger partial charge in [-0.1, -0.05) is 12.1 Å². The highest BCUT2D eigenvalue weighted by molar-refractivity contribution is 7.99. The van der Waals surface area contributed by atoms with E-state index in [0.717, 1.165) is 10.5 Å². The molecule has 1 N–H and O–H groups in total. The largest absolute Gasteiger partial charge is 0.352 e. The van der Waals surface area contributed by atoms with Gasteiger partial charge in [0.05, 0.1) is 11.6 Å². The summed E-state index contributed by atoms with van der Waals surface area (Å²) in [6, 6.07) is 15.4. The zero-order chi connectivity index (χ0) is 15.8. The van der Waals surface area contributed by atoms with Crippen LogP contribution in [0.3, 0.4) is 0 Å². The van der Waals surface area contributed by atoms with Gasteiger partial charge in [-0.2, -0.15) is 5.26 Å². The van der Waals surface area contributed by atoms with Gasteiger partial charge in [-0.05, 0) is 42.0 Å². The van der Waals surface area contributed by atoms with Crippen molar-refractivity contribution in [3.63, 3.8) is 0 Å². The molecule has 0 spiro atoms. The molecule has 0 aliphatic carbocycles. The maximum atomic E-state index is 12.8. The van der Waals surface area contributed by atoms with Crippen LogP contribution in [-0.2, 0) is 11.3 Å². The van der Waals surface area contributed by atoms with Gasteiger partial charge in [-0.3, -0.25) is 4.79 Å². The van der Waals surface area contributed by atoms with Gasteiger partial charge >= 0.3 is 0 Å². The van der Waals surface area contributed by atoms with Crippen LogP contribution in [0.2, 0.25) is 0 Å². The summed E-state index contributed by atoms with van der Waals surface area (Å²) in [5.74, 6) is 0.355. The maximum absolute atomic E-state index is 12.8. The van der Waals surface area contributed by atoms with E-state index in [1.54, 1.807) is 24.3 Å². The average Bonchev–Trinajstić information content (AvgIpc) is 2.55. The van der Waals surface area contributed by atoms with Gasteiger partial charge in [0.2, 0.25) is 5.91 Å². The third kappa shape index (κ3) is 5.23. The lowest BCUT2D eigenvalue weighted by atomic mass is 10.1. The van der Waals surface area contributed by atoms with Gasteiger partial charge in [-0.15, -0.1) is 11.8 Å². The van der Waals surface area contributed by atoms with E-state index >= 15 is 0 Å². The fraction of sp³-hybridized carbons (Fsp3) is 0.176. The maximum Gasteiger partial charge on any atom is 0.221 e. The molecule has 5 heteroatoms. The Hall–Kier alpha value is -2.32. The topological polar surface area (TPSA) is 52.9 Å². The number of carbonyl (C=O) groups is 1. The first-order valence-electron chi connectivity index (χ1n) is 6.81. The summed E-state index contributed by atoms with van der Waals surface area (Å²) in [5.41, 5.74) is 1.56. The van der Waals surface area contributed by atoms with Gasteiger partial charge in [0.25, 0.3) is 0 Å². The molecule has 22 heavy (non-hydrogen) atoms. The third-order valence-electron chi connectivity index (χ3n) is 2.98. The van der Waals surface area contributed by atoms with Gasteiger partial charge in [-0.25, -0.2) is 4.39 Å². The Labute approximate surface area is 133 Å². The van der Waals surface area contributed by atoms with Crippen LogP contribution in [0.5, 0.6) is 0 Å². The second-order valence-electron chi connectivity index (χ2n) is 4.64. The molecule has 0 aliphatic heterocycles. The summed E-state index contributed by atoms with van der Waals surface area (Å²) in [4.78, 5) is 12.7. The van der Waals surface area contributed by atoms with E-state index in [9.17, 15) is 9.18 Å². The Morgan fingerprint density at radius 1 is 1.14 bits per heavy atom. The molecule has 0 bridgehead atoms. The molecule has 1 amide bonds. The first kappa shape index (κ1) is 16.1. The number of carbonyl (C=O) groups excluding carboxylic acids is 1. The number of thioether (sulfide) groups is 1. The molecule has 0 heterocycles. The van der Waals surface area contributed by atoms with Crippen molar-refractivity contribution in [2.45, 2.75) is 17.9 Å².